The van der Waals surface area contributed by atoms with Crippen molar-refractivity contribution in [2.24, 2.45) is 0 Å². The number of aliphatic carboxylic acids is 1. The molecule has 0 aliphatic carbocycles. The lowest BCUT2D eigenvalue weighted by Crippen LogP contribution is -2.03. The zero-order chi connectivity index (χ0) is 11.4. The topological polar surface area (TPSA) is 46.5 Å². The highest BCUT2D eigenvalue weighted by molar-refractivity contribution is 9.10. The van der Waals surface area contributed by atoms with E-state index in [1.54, 1.807) is 12.1 Å². The number of carbonyl (C=O) groups is 1. The molecule has 0 atom stereocenters. The van der Waals surface area contributed by atoms with E-state index in [0.29, 0.717) is 21.3 Å². The molecule has 0 saturated heterocycles. The summed E-state index contributed by atoms with van der Waals surface area (Å²) in [6, 6.07) is 3.34. The Kier molecular flexibility index (Phi) is 3.75. The van der Waals surface area contributed by atoms with Crippen molar-refractivity contribution in [1.82, 2.24) is 0 Å². The smallest absolute Gasteiger partial charge is 0.308 e. The first-order chi connectivity index (χ1) is 7.08. The number of hydrogen-bond donors (Lipinski definition) is 1. The Morgan fingerprint density at radius 1 is 1.67 bits per heavy atom. The fraction of sp³-hybridized carbons (Fsp3) is 0.182. The molecule has 15 heavy (non-hydrogen) atoms. The predicted octanol–water partition coefficient (Wildman–Crippen LogP) is 2.07. The molecule has 0 spiro atoms. The summed E-state index contributed by atoms with van der Waals surface area (Å²) in [5, 5.41) is 8.72. The molecule has 1 aromatic rings. The Labute approximate surface area is 96.2 Å². The quantitative estimate of drug-likeness (QED) is 0.854. The average molecular weight is 269 g/mol. The van der Waals surface area contributed by atoms with Crippen molar-refractivity contribution in [3.63, 3.8) is 0 Å². The van der Waals surface area contributed by atoms with E-state index in [4.69, 9.17) is 16.3 Å². The second-order valence-electron chi connectivity index (χ2n) is 2.85. The average Bonchev–Trinajstić information content (AvgIpc) is 2.20. The SMILES string of the molecule is C#Cc1cc(Br)c(CC(=O)O)c(OC)c1. The van der Waals surface area contributed by atoms with Crippen LogP contribution in [0.25, 0.3) is 0 Å². The number of methoxy groups -OCH3 is 1. The van der Waals surface area contributed by atoms with Crippen LogP contribution in [0.3, 0.4) is 0 Å². The van der Waals surface area contributed by atoms with Gasteiger partial charge < -0.3 is 9.84 Å². The van der Waals surface area contributed by atoms with Gasteiger partial charge in [0.2, 0.25) is 0 Å². The largest absolute Gasteiger partial charge is 0.496 e. The lowest BCUT2D eigenvalue weighted by Gasteiger charge is -2.09. The maximum atomic E-state index is 10.6. The molecule has 0 amide bonds. The zero-order valence-corrected chi connectivity index (χ0v) is 9.67. The molecular weight excluding hydrogens is 260 g/mol. The molecule has 1 aromatic carbocycles. The van der Waals surface area contributed by atoms with Crippen molar-refractivity contribution in [2.45, 2.75) is 6.42 Å². The van der Waals surface area contributed by atoms with E-state index in [-0.39, 0.29) is 6.42 Å². The first kappa shape index (κ1) is 11.6. The molecule has 0 saturated carbocycles. The second-order valence-corrected chi connectivity index (χ2v) is 3.71. The Bertz CT molecular complexity index is 432. The highest BCUT2D eigenvalue weighted by atomic mass is 79.9. The fourth-order valence-corrected chi connectivity index (χ4v) is 1.78. The fourth-order valence-electron chi connectivity index (χ4n) is 1.20. The second kappa shape index (κ2) is 4.85. The van der Waals surface area contributed by atoms with Gasteiger partial charge in [-0.25, -0.2) is 0 Å². The predicted molar refractivity (Wildman–Crippen MR) is 60.0 cm³/mol. The van der Waals surface area contributed by atoms with Gasteiger partial charge in [0, 0.05) is 15.6 Å². The van der Waals surface area contributed by atoms with Crippen LogP contribution in [0.5, 0.6) is 5.75 Å². The summed E-state index contributed by atoms with van der Waals surface area (Å²) in [4.78, 5) is 10.6. The van der Waals surface area contributed by atoms with Gasteiger partial charge in [-0.15, -0.1) is 6.42 Å². The summed E-state index contributed by atoms with van der Waals surface area (Å²) < 4.78 is 5.73. The molecule has 0 aliphatic rings. The van der Waals surface area contributed by atoms with Gasteiger partial charge >= 0.3 is 5.97 Å². The molecular formula is C11H9BrO3. The van der Waals surface area contributed by atoms with E-state index in [0.717, 1.165) is 0 Å². The van der Waals surface area contributed by atoms with Crippen molar-refractivity contribution in [3.05, 3.63) is 27.7 Å². The summed E-state index contributed by atoms with van der Waals surface area (Å²) in [7, 11) is 1.48. The number of rotatable bonds is 3. The third-order valence-corrected chi connectivity index (χ3v) is 2.58. The minimum absolute atomic E-state index is 0.103. The van der Waals surface area contributed by atoms with Crippen LogP contribution in [-0.4, -0.2) is 18.2 Å². The molecule has 0 bridgehead atoms. The standard InChI is InChI=1S/C11H9BrO3/c1-3-7-4-9(12)8(6-11(13)14)10(5-7)15-2/h1,4-5H,6H2,2H3,(H,13,14). The van der Waals surface area contributed by atoms with Crippen molar-refractivity contribution >= 4 is 21.9 Å². The van der Waals surface area contributed by atoms with E-state index in [1.807, 2.05) is 0 Å². The number of halogens is 1. The molecule has 1 N–H and O–H groups in total. The van der Waals surface area contributed by atoms with Gasteiger partial charge in [0.05, 0.1) is 13.5 Å². The van der Waals surface area contributed by atoms with Crippen molar-refractivity contribution in [2.75, 3.05) is 7.11 Å². The van der Waals surface area contributed by atoms with Crippen LogP contribution in [0.1, 0.15) is 11.1 Å². The normalized spacial score (nSPS) is 9.40. The number of hydrogen-bond acceptors (Lipinski definition) is 2. The van der Waals surface area contributed by atoms with Gasteiger partial charge in [-0.05, 0) is 12.1 Å². The summed E-state index contributed by atoms with van der Waals surface area (Å²) in [5.41, 5.74) is 1.23. The third-order valence-electron chi connectivity index (χ3n) is 1.87. The van der Waals surface area contributed by atoms with Crippen molar-refractivity contribution in [3.8, 4) is 18.1 Å². The number of benzene rings is 1. The molecule has 0 aliphatic heterocycles. The Morgan fingerprint density at radius 3 is 2.80 bits per heavy atom. The van der Waals surface area contributed by atoms with E-state index >= 15 is 0 Å². The number of terminal acetylenes is 1. The van der Waals surface area contributed by atoms with Crippen LogP contribution in [0.4, 0.5) is 0 Å². The van der Waals surface area contributed by atoms with Crippen LogP contribution < -0.4 is 4.74 Å². The van der Waals surface area contributed by atoms with E-state index in [2.05, 4.69) is 21.9 Å². The summed E-state index contributed by atoms with van der Waals surface area (Å²) in [5.74, 6) is 2.04. The van der Waals surface area contributed by atoms with Crippen molar-refractivity contribution in [1.29, 1.82) is 0 Å². The monoisotopic (exact) mass is 268 g/mol. The molecule has 4 heteroatoms. The Morgan fingerprint density at radius 2 is 2.33 bits per heavy atom. The minimum Gasteiger partial charge on any atom is -0.496 e. The lowest BCUT2D eigenvalue weighted by atomic mass is 10.1. The third kappa shape index (κ3) is 2.74. The molecule has 3 nitrogen and oxygen atoms in total. The maximum Gasteiger partial charge on any atom is 0.308 e. The maximum absolute atomic E-state index is 10.6. The van der Waals surface area contributed by atoms with Gasteiger partial charge in [-0.2, -0.15) is 0 Å². The lowest BCUT2D eigenvalue weighted by molar-refractivity contribution is -0.136. The zero-order valence-electron chi connectivity index (χ0n) is 8.08. The number of ether oxygens (including phenoxy) is 1. The number of carboxylic acids is 1. The highest BCUT2D eigenvalue weighted by Crippen LogP contribution is 2.29. The molecule has 78 valence electrons. The van der Waals surface area contributed by atoms with Gasteiger partial charge in [0.25, 0.3) is 0 Å². The van der Waals surface area contributed by atoms with Crippen LogP contribution in [-0.2, 0) is 11.2 Å². The first-order valence-electron chi connectivity index (χ1n) is 4.13. The minimum atomic E-state index is -0.914. The van der Waals surface area contributed by atoms with Crippen LogP contribution in [0.2, 0.25) is 0 Å². The van der Waals surface area contributed by atoms with E-state index in [9.17, 15) is 4.79 Å². The molecule has 0 heterocycles. The molecule has 0 unspecified atom stereocenters. The summed E-state index contributed by atoms with van der Waals surface area (Å²) in [6.45, 7) is 0. The van der Waals surface area contributed by atoms with Crippen LogP contribution >= 0.6 is 15.9 Å². The van der Waals surface area contributed by atoms with Crippen LogP contribution in [0, 0.1) is 12.3 Å². The summed E-state index contributed by atoms with van der Waals surface area (Å²) in [6.07, 6.45) is 5.15. The van der Waals surface area contributed by atoms with Gasteiger partial charge in [-0.3, -0.25) is 4.79 Å². The van der Waals surface area contributed by atoms with E-state index < -0.39 is 5.97 Å². The van der Waals surface area contributed by atoms with Gasteiger partial charge in [-0.1, -0.05) is 21.9 Å². The molecule has 0 radical (unpaired) electrons. The molecule has 0 aromatic heterocycles. The first-order valence-corrected chi connectivity index (χ1v) is 4.92. The Balaban J connectivity index is 3.25. The van der Waals surface area contributed by atoms with Crippen LogP contribution in [0.15, 0.2) is 16.6 Å². The number of carboxylic acid groups (broad SMARTS) is 1. The Hall–Kier alpha value is -1.47. The van der Waals surface area contributed by atoms with Crippen molar-refractivity contribution < 1.29 is 14.6 Å². The highest BCUT2D eigenvalue weighted by Gasteiger charge is 2.12. The molecule has 1 rings (SSSR count). The van der Waals surface area contributed by atoms with Gasteiger partial charge in [0.1, 0.15) is 5.75 Å². The van der Waals surface area contributed by atoms with Gasteiger partial charge in [0.15, 0.2) is 0 Å². The van der Waals surface area contributed by atoms with E-state index in [1.165, 1.54) is 7.11 Å². The molecule has 0 fully saturated rings. The summed E-state index contributed by atoms with van der Waals surface area (Å²) >= 11 is 3.27.